The van der Waals surface area contributed by atoms with Crippen LogP contribution in [0.25, 0.3) is 22.3 Å². The second-order valence-corrected chi connectivity index (χ2v) is 11.1. The predicted octanol–water partition coefficient (Wildman–Crippen LogP) is 4.60. The number of benzene rings is 1. The zero-order valence-corrected chi connectivity index (χ0v) is 22.6. The average Bonchev–Trinajstić information content (AvgIpc) is 3.45. The third-order valence-electron chi connectivity index (χ3n) is 7.83. The molecule has 39 heavy (non-hydrogen) atoms. The van der Waals surface area contributed by atoms with Crippen LogP contribution in [-0.4, -0.2) is 66.9 Å². The second kappa shape index (κ2) is 10.2. The zero-order valence-electron chi connectivity index (χ0n) is 22.6. The first-order chi connectivity index (χ1) is 18.8. The Balaban J connectivity index is 1.19. The van der Waals surface area contributed by atoms with Crippen LogP contribution in [0.4, 0.5) is 16.2 Å². The van der Waals surface area contributed by atoms with E-state index in [4.69, 9.17) is 14.8 Å². The second-order valence-electron chi connectivity index (χ2n) is 11.1. The van der Waals surface area contributed by atoms with Crippen molar-refractivity contribution in [2.75, 3.05) is 31.6 Å². The summed E-state index contributed by atoms with van der Waals surface area (Å²) in [5, 5.41) is 12.2. The number of aryl methyl sites for hydroxylation is 2. The lowest BCUT2D eigenvalue weighted by atomic mass is 10.0. The van der Waals surface area contributed by atoms with Gasteiger partial charge in [-0.1, -0.05) is 0 Å². The van der Waals surface area contributed by atoms with Gasteiger partial charge in [-0.3, -0.25) is 0 Å². The van der Waals surface area contributed by atoms with E-state index in [0.717, 1.165) is 61.2 Å². The number of hydrogen-bond acceptors (Lipinski definition) is 8. The Bertz CT molecular complexity index is 1490. The van der Waals surface area contributed by atoms with Gasteiger partial charge in [0, 0.05) is 37.2 Å². The molecule has 2 N–H and O–H groups in total. The maximum absolute atomic E-state index is 15.0. The van der Waals surface area contributed by atoms with Gasteiger partial charge in [0.15, 0.2) is 5.82 Å². The van der Waals surface area contributed by atoms with Gasteiger partial charge in [0.1, 0.15) is 29.2 Å². The number of nitrogens with one attached hydrogen (secondary N) is 1. The topological polar surface area (TPSA) is 101 Å². The van der Waals surface area contributed by atoms with E-state index in [1.54, 1.807) is 12.3 Å². The highest BCUT2D eigenvalue weighted by Crippen LogP contribution is 2.38. The van der Waals surface area contributed by atoms with Crippen LogP contribution in [-0.2, 0) is 12.0 Å². The monoisotopic (exact) mass is 531 g/mol. The molecule has 3 aromatic heterocycles. The van der Waals surface area contributed by atoms with Gasteiger partial charge >= 0.3 is 0 Å². The van der Waals surface area contributed by atoms with Crippen LogP contribution < -0.4 is 10.1 Å². The van der Waals surface area contributed by atoms with Crippen LogP contribution in [0.1, 0.15) is 44.5 Å². The smallest absolute Gasteiger partial charge is 0.229 e. The lowest BCUT2D eigenvalue weighted by Gasteiger charge is -2.31. The normalized spacial score (nSPS) is 17.5. The number of halogens is 1. The molecule has 0 aliphatic carbocycles. The average molecular weight is 532 g/mol. The van der Waals surface area contributed by atoms with Crippen LogP contribution in [0.3, 0.4) is 0 Å². The maximum Gasteiger partial charge on any atom is 0.229 e. The number of nitrogens with zero attached hydrogens (tertiary/aromatic N) is 6. The Morgan fingerprint density at radius 2 is 1.95 bits per heavy atom. The number of imidazole rings is 1. The number of anilines is 2. The van der Waals surface area contributed by atoms with E-state index >= 15 is 0 Å². The molecule has 2 aliphatic heterocycles. The third kappa shape index (κ3) is 5.06. The van der Waals surface area contributed by atoms with E-state index in [1.165, 1.54) is 6.20 Å². The van der Waals surface area contributed by atoms with Crippen LogP contribution in [0, 0.1) is 12.7 Å². The molecule has 0 bridgehead atoms. The minimum absolute atomic E-state index is 0.0368. The SMILES string of the molecule is Cc1cc(-c2nc(Nc3ccc(OC4CCN(CCO)CC4)cn3)ncc2F)cc2c1nc1n2C(C)(C)CC1. The molecular formula is C29H34FN7O2. The Morgan fingerprint density at radius 3 is 2.69 bits per heavy atom. The highest BCUT2D eigenvalue weighted by atomic mass is 19.1. The lowest BCUT2D eigenvalue weighted by molar-refractivity contribution is 0.0886. The van der Waals surface area contributed by atoms with Crippen molar-refractivity contribution in [2.24, 2.45) is 0 Å². The summed E-state index contributed by atoms with van der Waals surface area (Å²) in [4.78, 5) is 20.2. The fraction of sp³-hybridized carbons (Fsp3) is 0.448. The van der Waals surface area contributed by atoms with Crippen LogP contribution >= 0.6 is 0 Å². The molecule has 0 amide bonds. The van der Waals surface area contributed by atoms with Crippen molar-refractivity contribution in [1.29, 1.82) is 0 Å². The molecule has 4 aromatic rings. The highest BCUT2D eigenvalue weighted by molar-refractivity contribution is 5.86. The molecule has 0 radical (unpaired) electrons. The van der Waals surface area contributed by atoms with Gasteiger partial charge in [-0.15, -0.1) is 0 Å². The first-order valence-electron chi connectivity index (χ1n) is 13.6. The molecule has 0 atom stereocenters. The van der Waals surface area contributed by atoms with E-state index in [1.807, 2.05) is 25.1 Å². The summed E-state index contributed by atoms with van der Waals surface area (Å²) in [7, 11) is 0. The largest absolute Gasteiger partial charge is 0.489 e. The van der Waals surface area contributed by atoms with Crippen molar-refractivity contribution in [1.82, 2.24) is 29.4 Å². The fourth-order valence-electron chi connectivity index (χ4n) is 5.76. The van der Waals surface area contributed by atoms with Crippen molar-refractivity contribution in [3.63, 3.8) is 0 Å². The molecule has 0 spiro atoms. The Hall–Kier alpha value is -3.63. The van der Waals surface area contributed by atoms with Gasteiger partial charge in [0.25, 0.3) is 0 Å². The minimum atomic E-state index is -0.485. The van der Waals surface area contributed by atoms with E-state index < -0.39 is 5.82 Å². The van der Waals surface area contributed by atoms with Crippen molar-refractivity contribution in [3.8, 4) is 17.0 Å². The molecule has 1 saturated heterocycles. The van der Waals surface area contributed by atoms with Gasteiger partial charge in [-0.25, -0.2) is 24.3 Å². The van der Waals surface area contributed by atoms with Crippen molar-refractivity contribution >= 4 is 22.8 Å². The van der Waals surface area contributed by atoms with E-state index in [9.17, 15) is 4.39 Å². The van der Waals surface area contributed by atoms with E-state index in [-0.39, 0.29) is 29.9 Å². The summed E-state index contributed by atoms with van der Waals surface area (Å²) in [5.41, 5.74) is 3.84. The number of aliphatic hydroxyl groups excluding tert-OH is 1. The standard InChI is InChI=1S/C29H34FN7O2/c1-18-14-19(15-23-26(18)34-25-6-9-29(2,3)37(23)25)27-22(30)17-32-28(35-27)33-24-5-4-21(16-31-24)39-20-7-10-36(11-8-20)12-13-38/h4-5,14-17,20,38H,6-13H2,1-3H3,(H,31,32,33,35). The number of hydrogen-bond donors (Lipinski definition) is 2. The number of rotatable bonds is 7. The van der Waals surface area contributed by atoms with Gasteiger partial charge in [0.05, 0.1) is 30.0 Å². The number of aliphatic hydroxyl groups is 1. The van der Waals surface area contributed by atoms with Gasteiger partial charge in [-0.05, 0) is 69.9 Å². The molecule has 9 nitrogen and oxygen atoms in total. The molecule has 204 valence electrons. The van der Waals surface area contributed by atoms with E-state index in [2.05, 4.69) is 43.6 Å². The number of aromatic nitrogens is 5. The Labute approximate surface area is 227 Å². The number of piperidine rings is 1. The molecule has 0 saturated carbocycles. The number of likely N-dealkylation sites (tertiary alicyclic amines) is 1. The fourth-order valence-corrected chi connectivity index (χ4v) is 5.76. The van der Waals surface area contributed by atoms with Crippen molar-refractivity contribution in [2.45, 2.75) is 58.1 Å². The molecule has 1 fully saturated rings. The summed E-state index contributed by atoms with van der Waals surface area (Å²) in [5.74, 6) is 2.09. The summed E-state index contributed by atoms with van der Waals surface area (Å²) in [6, 6.07) is 7.58. The number of fused-ring (bicyclic) bond motifs is 3. The number of pyridine rings is 1. The van der Waals surface area contributed by atoms with Crippen molar-refractivity contribution < 1.29 is 14.2 Å². The summed E-state index contributed by atoms with van der Waals surface area (Å²) < 4.78 is 23.4. The molecule has 6 rings (SSSR count). The van der Waals surface area contributed by atoms with Crippen LogP contribution in [0.5, 0.6) is 5.75 Å². The number of β-amino-alcohol motifs (C(OH)–C–C–N with tert-alkyl or cyclic N) is 1. The first kappa shape index (κ1) is 25.6. The minimum Gasteiger partial charge on any atom is -0.489 e. The third-order valence-corrected chi connectivity index (χ3v) is 7.83. The predicted molar refractivity (Wildman–Crippen MR) is 148 cm³/mol. The molecule has 10 heteroatoms. The lowest BCUT2D eigenvalue weighted by Crippen LogP contribution is -2.39. The molecule has 0 unspecified atom stereocenters. The number of ether oxygens (including phenoxy) is 1. The van der Waals surface area contributed by atoms with Gasteiger partial charge in [0.2, 0.25) is 5.95 Å². The van der Waals surface area contributed by atoms with Gasteiger partial charge in [-0.2, -0.15) is 0 Å². The quantitative estimate of drug-likeness (QED) is 0.357. The van der Waals surface area contributed by atoms with Gasteiger partial charge < -0.3 is 24.6 Å². The molecular weight excluding hydrogens is 497 g/mol. The zero-order chi connectivity index (χ0) is 27.1. The molecule has 2 aliphatic rings. The summed E-state index contributed by atoms with van der Waals surface area (Å²) in [6.45, 7) is 9.15. The molecule has 5 heterocycles. The first-order valence-corrected chi connectivity index (χ1v) is 13.6. The Morgan fingerprint density at radius 1 is 1.13 bits per heavy atom. The summed E-state index contributed by atoms with van der Waals surface area (Å²) in [6.07, 6.45) is 6.79. The van der Waals surface area contributed by atoms with Crippen LogP contribution in [0.2, 0.25) is 0 Å². The summed E-state index contributed by atoms with van der Waals surface area (Å²) >= 11 is 0. The highest BCUT2D eigenvalue weighted by Gasteiger charge is 2.32. The maximum atomic E-state index is 15.0. The Kier molecular flexibility index (Phi) is 6.68. The van der Waals surface area contributed by atoms with E-state index in [0.29, 0.717) is 23.7 Å². The molecule has 1 aromatic carbocycles. The van der Waals surface area contributed by atoms with Crippen LogP contribution in [0.15, 0.2) is 36.7 Å². The van der Waals surface area contributed by atoms with Crippen molar-refractivity contribution in [3.05, 3.63) is 53.9 Å².